The van der Waals surface area contributed by atoms with Crippen LogP contribution in [0, 0.1) is 11.8 Å². The summed E-state index contributed by atoms with van der Waals surface area (Å²) in [4.78, 5) is 41.1. The first kappa shape index (κ1) is 21.8. The molecule has 3 aliphatic rings. The summed E-state index contributed by atoms with van der Waals surface area (Å²) in [5, 5.41) is 3.27. The van der Waals surface area contributed by atoms with Gasteiger partial charge in [0, 0.05) is 18.1 Å². The molecule has 2 aliphatic heterocycles. The molecule has 1 aromatic carbocycles. The molecule has 4 rings (SSSR count). The Kier molecular flexibility index (Phi) is 6.60. The van der Waals surface area contributed by atoms with Crippen LogP contribution in [0.2, 0.25) is 0 Å². The molecule has 0 spiro atoms. The molecular weight excluding hydrogens is 396 g/mol. The third kappa shape index (κ3) is 4.07. The van der Waals surface area contributed by atoms with Crippen molar-refractivity contribution in [1.29, 1.82) is 0 Å². The second-order valence-corrected chi connectivity index (χ2v) is 8.91. The topological polar surface area (TPSA) is 84.9 Å². The smallest absolute Gasteiger partial charge is 0.311 e. The highest BCUT2D eigenvalue weighted by Crippen LogP contribution is 2.50. The summed E-state index contributed by atoms with van der Waals surface area (Å²) in [6.45, 7) is 0. The highest BCUT2D eigenvalue weighted by Gasteiger charge is 2.62. The quantitative estimate of drug-likeness (QED) is 0.701. The summed E-state index contributed by atoms with van der Waals surface area (Å²) in [6.07, 6.45) is 6.96. The normalized spacial score (nSPS) is 29.4. The fourth-order valence-corrected chi connectivity index (χ4v) is 5.98. The van der Waals surface area contributed by atoms with Crippen LogP contribution in [-0.4, -0.2) is 55.1 Å². The fraction of sp³-hybridized carbons (Fsp3) is 0.625. The van der Waals surface area contributed by atoms with Gasteiger partial charge in [0.05, 0.1) is 26.1 Å². The van der Waals surface area contributed by atoms with E-state index in [0.29, 0.717) is 0 Å². The van der Waals surface area contributed by atoms with Crippen molar-refractivity contribution in [3.05, 3.63) is 35.9 Å². The Morgan fingerprint density at radius 2 is 1.42 bits per heavy atom. The van der Waals surface area contributed by atoms with Crippen molar-refractivity contribution >= 4 is 17.8 Å². The third-order valence-electron chi connectivity index (χ3n) is 7.30. The van der Waals surface area contributed by atoms with Crippen LogP contribution in [-0.2, 0) is 23.9 Å². The molecule has 7 nitrogen and oxygen atoms in total. The van der Waals surface area contributed by atoms with Crippen LogP contribution in [0.25, 0.3) is 0 Å². The van der Waals surface area contributed by atoms with Gasteiger partial charge in [-0.2, -0.15) is 0 Å². The van der Waals surface area contributed by atoms with Gasteiger partial charge in [0.15, 0.2) is 0 Å². The van der Waals surface area contributed by atoms with Gasteiger partial charge in [-0.05, 0) is 31.2 Å². The molecule has 1 amide bonds. The Labute approximate surface area is 183 Å². The molecule has 0 aromatic heterocycles. The molecule has 1 unspecified atom stereocenters. The van der Waals surface area contributed by atoms with E-state index in [2.05, 4.69) is 10.2 Å². The van der Waals surface area contributed by atoms with Crippen LogP contribution in [0.4, 0.5) is 0 Å². The molecule has 2 bridgehead atoms. The standard InChI is InChI=1S/C24H32N2O5/c1-30-23(28)19-17-13-14-18(20(19)24(29)31-2)26(17)21(15-9-5-3-6-10-15)22(27)25-16-11-7-4-8-12-16/h3,5-6,9-10,16-21H,4,7-8,11-14H2,1-2H3,(H,25,27)/t17-,18+,19-,20-,21?/m1/s1. The Morgan fingerprint density at radius 1 is 0.871 bits per heavy atom. The monoisotopic (exact) mass is 428 g/mol. The van der Waals surface area contributed by atoms with Crippen LogP contribution in [0.3, 0.4) is 0 Å². The number of fused-ring (bicyclic) bond motifs is 2. The van der Waals surface area contributed by atoms with Gasteiger partial charge >= 0.3 is 11.9 Å². The molecule has 5 atom stereocenters. The minimum absolute atomic E-state index is 0.0517. The average molecular weight is 429 g/mol. The zero-order chi connectivity index (χ0) is 22.0. The SMILES string of the molecule is COC(=O)[C@H]1[C@H](C(=O)OC)[C@@H]2CC[C@H]1N2C(C(=O)NC1CCCCC1)c1ccccc1. The first-order chi connectivity index (χ1) is 15.1. The van der Waals surface area contributed by atoms with Gasteiger partial charge < -0.3 is 14.8 Å². The van der Waals surface area contributed by atoms with Crippen LogP contribution >= 0.6 is 0 Å². The lowest BCUT2D eigenvalue weighted by molar-refractivity contribution is -0.157. The Bertz CT molecular complexity index is 777. The molecule has 2 saturated heterocycles. The molecule has 1 aromatic rings. The first-order valence-corrected chi connectivity index (χ1v) is 11.3. The van der Waals surface area contributed by atoms with Crippen molar-refractivity contribution in [2.75, 3.05) is 14.2 Å². The van der Waals surface area contributed by atoms with Gasteiger partial charge in [-0.3, -0.25) is 19.3 Å². The molecule has 0 radical (unpaired) electrons. The number of rotatable bonds is 6. The number of ether oxygens (including phenoxy) is 2. The van der Waals surface area contributed by atoms with Crippen molar-refractivity contribution in [3.8, 4) is 0 Å². The molecule has 31 heavy (non-hydrogen) atoms. The highest BCUT2D eigenvalue weighted by atomic mass is 16.5. The van der Waals surface area contributed by atoms with Gasteiger partial charge in [0.1, 0.15) is 6.04 Å². The second kappa shape index (κ2) is 9.39. The predicted octanol–water partition coefficient (Wildman–Crippen LogP) is 2.60. The van der Waals surface area contributed by atoms with Crippen molar-refractivity contribution < 1.29 is 23.9 Å². The van der Waals surface area contributed by atoms with Crippen LogP contribution < -0.4 is 5.32 Å². The van der Waals surface area contributed by atoms with Crippen molar-refractivity contribution in [2.24, 2.45) is 11.8 Å². The molecule has 7 heteroatoms. The molecule has 1 N–H and O–H groups in total. The minimum atomic E-state index is -0.620. The van der Waals surface area contributed by atoms with E-state index in [9.17, 15) is 14.4 Å². The van der Waals surface area contributed by atoms with E-state index >= 15 is 0 Å². The number of carbonyl (C=O) groups is 3. The van der Waals surface area contributed by atoms with Gasteiger partial charge in [-0.15, -0.1) is 0 Å². The number of methoxy groups -OCH3 is 2. The Balaban J connectivity index is 1.68. The second-order valence-electron chi connectivity index (χ2n) is 8.91. The average Bonchev–Trinajstić information content (AvgIpc) is 3.35. The number of carbonyl (C=O) groups excluding carboxylic acids is 3. The number of nitrogens with one attached hydrogen (secondary N) is 1. The van der Waals surface area contributed by atoms with E-state index in [4.69, 9.17) is 9.47 Å². The minimum Gasteiger partial charge on any atom is -0.469 e. The van der Waals surface area contributed by atoms with Crippen molar-refractivity contribution in [1.82, 2.24) is 10.2 Å². The highest BCUT2D eigenvalue weighted by molar-refractivity contribution is 5.87. The molecule has 1 aliphatic carbocycles. The first-order valence-electron chi connectivity index (χ1n) is 11.3. The molecule has 2 heterocycles. The van der Waals surface area contributed by atoms with Crippen LogP contribution in [0.5, 0.6) is 0 Å². The largest absolute Gasteiger partial charge is 0.469 e. The van der Waals surface area contributed by atoms with Gasteiger partial charge in [0.25, 0.3) is 0 Å². The third-order valence-corrected chi connectivity index (χ3v) is 7.30. The maximum atomic E-state index is 13.6. The number of hydrogen-bond donors (Lipinski definition) is 1. The summed E-state index contributed by atoms with van der Waals surface area (Å²) in [6, 6.07) is 8.82. The van der Waals surface area contributed by atoms with E-state index in [-0.39, 0.29) is 24.0 Å². The summed E-state index contributed by atoms with van der Waals surface area (Å²) >= 11 is 0. The van der Waals surface area contributed by atoms with E-state index in [1.54, 1.807) is 0 Å². The van der Waals surface area contributed by atoms with Gasteiger partial charge in [0.2, 0.25) is 5.91 Å². The lowest BCUT2D eigenvalue weighted by atomic mass is 9.79. The fourth-order valence-electron chi connectivity index (χ4n) is 5.98. The lowest BCUT2D eigenvalue weighted by Crippen LogP contribution is -2.47. The Morgan fingerprint density at radius 3 is 1.94 bits per heavy atom. The Hall–Kier alpha value is -2.41. The number of esters is 2. The van der Waals surface area contributed by atoms with E-state index in [1.165, 1.54) is 20.6 Å². The predicted molar refractivity (Wildman–Crippen MR) is 114 cm³/mol. The number of nitrogens with zero attached hydrogens (tertiary/aromatic N) is 1. The zero-order valence-corrected chi connectivity index (χ0v) is 18.3. The zero-order valence-electron chi connectivity index (χ0n) is 18.3. The van der Waals surface area contributed by atoms with Crippen LogP contribution in [0.15, 0.2) is 30.3 Å². The maximum Gasteiger partial charge on any atom is 0.311 e. The molecule has 168 valence electrons. The lowest BCUT2D eigenvalue weighted by Gasteiger charge is -2.34. The summed E-state index contributed by atoms with van der Waals surface area (Å²) in [7, 11) is 2.69. The van der Waals surface area contributed by atoms with E-state index < -0.39 is 29.8 Å². The van der Waals surface area contributed by atoms with Crippen molar-refractivity contribution in [3.63, 3.8) is 0 Å². The molecular formula is C24H32N2O5. The summed E-state index contributed by atoms with van der Waals surface area (Å²) in [5.74, 6) is -2.11. The molecule has 1 saturated carbocycles. The summed E-state index contributed by atoms with van der Waals surface area (Å²) < 4.78 is 10.1. The van der Waals surface area contributed by atoms with E-state index in [0.717, 1.165) is 44.1 Å². The number of amides is 1. The number of hydrogen-bond acceptors (Lipinski definition) is 6. The summed E-state index contributed by atoms with van der Waals surface area (Å²) in [5.41, 5.74) is 0.877. The van der Waals surface area contributed by atoms with Gasteiger partial charge in [-0.25, -0.2) is 0 Å². The van der Waals surface area contributed by atoms with Gasteiger partial charge in [-0.1, -0.05) is 49.6 Å². The van der Waals surface area contributed by atoms with Crippen LogP contribution in [0.1, 0.15) is 56.6 Å². The van der Waals surface area contributed by atoms with Crippen molar-refractivity contribution in [2.45, 2.75) is 69.1 Å². The number of benzene rings is 1. The maximum absolute atomic E-state index is 13.6. The molecule has 3 fully saturated rings. The van der Waals surface area contributed by atoms with E-state index in [1.807, 2.05) is 30.3 Å².